The fourth-order valence-corrected chi connectivity index (χ4v) is 5.26. The van der Waals surface area contributed by atoms with Crippen molar-refractivity contribution in [3.8, 4) is 11.5 Å². The summed E-state index contributed by atoms with van der Waals surface area (Å²) in [5, 5.41) is 0. The third-order valence-electron chi connectivity index (χ3n) is 5.56. The van der Waals surface area contributed by atoms with Crippen LogP contribution in [0.1, 0.15) is 52.7 Å². The number of hydrogen-bond acceptors (Lipinski definition) is 6. The predicted molar refractivity (Wildman–Crippen MR) is 144 cm³/mol. The Morgan fingerprint density at radius 3 is 1.35 bits per heavy atom. The molecule has 0 spiro atoms. The van der Waals surface area contributed by atoms with E-state index in [4.69, 9.17) is 18.9 Å². The molecule has 2 aromatic carbocycles. The van der Waals surface area contributed by atoms with E-state index in [1.54, 1.807) is 23.5 Å². The Morgan fingerprint density at radius 1 is 0.559 bits per heavy atom. The molecule has 0 saturated heterocycles. The number of ether oxygens (including phenoxy) is 4. The molecule has 0 atom stereocenters. The van der Waals surface area contributed by atoms with Gasteiger partial charge in [-0.2, -0.15) is 0 Å². The van der Waals surface area contributed by atoms with Crippen LogP contribution in [0.5, 0.6) is 11.5 Å². The van der Waals surface area contributed by atoms with Gasteiger partial charge in [0.05, 0.1) is 26.4 Å². The maximum absolute atomic E-state index is 6.10. The van der Waals surface area contributed by atoms with Crippen LogP contribution in [0.4, 0.5) is 0 Å². The molecule has 0 aliphatic carbocycles. The minimum atomic E-state index is 0.0974. The molecule has 0 unspecified atom stereocenters. The van der Waals surface area contributed by atoms with Crippen molar-refractivity contribution in [3.63, 3.8) is 0 Å². The average molecular weight is 505 g/mol. The van der Waals surface area contributed by atoms with Gasteiger partial charge in [-0.3, -0.25) is 0 Å². The molecule has 1 heterocycles. The van der Waals surface area contributed by atoms with E-state index in [1.165, 1.54) is 11.1 Å². The van der Waals surface area contributed by atoms with Crippen molar-refractivity contribution < 1.29 is 18.9 Å². The molecular formula is C28H40O4S2. The Kier molecular flexibility index (Phi) is 10.1. The van der Waals surface area contributed by atoms with Crippen LogP contribution in [-0.2, 0) is 20.3 Å². The van der Waals surface area contributed by atoms with Gasteiger partial charge in [-0.25, -0.2) is 0 Å². The van der Waals surface area contributed by atoms with Crippen LogP contribution in [0.2, 0.25) is 0 Å². The first-order valence-corrected chi connectivity index (χ1v) is 14.1. The minimum Gasteiger partial charge on any atom is -0.490 e. The molecule has 4 nitrogen and oxygen atoms in total. The summed E-state index contributed by atoms with van der Waals surface area (Å²) in [4.78, 5) is 2.32. The highest BCUT2D eigenvalue weighted by Crippen LogP contribution is 2.36. The summed E-state index contributed by atoms with van der Waals surface area (Å²) in [6.07, 6.45) is 0. The van der Waals surface area contributed by atoms with Gasteiger partial charge in [-0.1, -0.05) is 53.7 Å². The summed E-state index contributed by atoms with van der Waals surface area (Å²) in [5.74, 6) is 3.57. The van der Waals surface area contributed by atoms with Crippen LogP contribution in [0, 0.1) is 0 Å². The highest BCUT2D eigenvalue weighted by Gasteiger charge is 2.18. The number of hydrogen-bond donors (Lipinski definition) is 0. The summed E-state index contributed by atoms with van der Waals surface area (Å²) in [7, 11) is 0. The lowest BCUT2D eigenvalue weighted by Crippen LogP contribution is -2.13. The standard InChI is InChI=1S/C28H40O4S2/c1-27(2,3)21-7-9-23-25(19-21)33-17-15-29-12-14-32-24-10-8-22(28(4,5)6)20-26(24)34-18-16-30-11-13-31-23/h7-10,19-20H,11-18H2,1-6H3. The van der Waals surface area contributed by atoms with Crippen molar-refractivity contribution in [2.24, 2.45) is 0 Å². The van der Waals surface area contributed by atoms with E-state index < -0.39 is 0 Å². The van der Waals surface area contributed by atoms with E-state index in [2.05, 4.69) is 77.9 Å². The summed E-state index contributed by atoms with van der Waals surface area (Å²) in [6, 6.07) is 13.0. The maximum Gasteiger partial charge on any atom is 0.132 e. The highest BCUT2D eigenvalue weighted by molar-refractivity contribution is 7.99. The quantitative estimate of drug-likeness (QED) is 0.386. The summed E-state index contributed by atoms with van der Waals surface area (Å²) < 4.78 is 23.9. The van der Waals surface area contributed by atoms with Gasteiger partial charge in [-0.15, -0.1) is 23.5 Å². The molecule has 34 heavy (non-hydrogen) atoms. The summed E-state index contributed by atoms with van der Waals surface area (Å²) in [5.41, 5.74) is 2.81. The van der Waals surface area contributed by atoms with Crippen LogP contribution in [0.15, 0.2) is 46.2 Å². The van der Waals surface area contributed by atoms with Gasteiger partial charge in [0.15, 0.2) is 0 Å². The first-order chi connectivity index (χ1) is 16.1. The molecule has 3 rings (SSSR count). The van der Waals surface area contributed by atoms with Crippen LogP contribution >= 0.6 is 23.5 Å². The van der Waals surface area contributed by atoms with Crippen molar-refractivity contribution in [3.05, 3.63) is 47.5 Å². The Balaban J connectivity index is 1.66. The van der Waals surface area contributed by atoms with E-state index in [-0.39, 0.29) is 10.8 Å². The van der Waals surface area contributed by atoms with E-state index in [9.17, 15) is 0 Å². The van der Waals surface area contributed by atoms with E-state index in [0.29, 0.717) is 39.6 Å². The number of rotatable bonds is 0. The Morgan fingerprint density at radius 2 is 0.971 bits per heavy atom. The first-order valence-electron chi connectivity index (χ1n) is 12.1. The fourth-order valence-electron chi connectivity index (χ4n) is 3.46. The molecule has 0 N–H and O–H groups in total. The largest absolute Gasteiger partial charge is 0.490 e. The molecule has 0 radical (unpaired) electrons. The van der Waals surface area contributed by atoms with Crippen LogP contribution in [0.25, 0.3) is 0 Å². The lowest BCUT2D eigenvalue weighted by molar-refractivity contribution is 0.109. The molecule has 0 saturated carbocycles. The van der Waals surface area contributed by atoms with Crippen LogP contribution < -0.4 is 9.47 Å². The van der Waals surface area contributed by atoms with Gasteiger partial charge in [0.1, 0.15) is 24.7 Å². The van der Waals surface area contributed by atoms with E-state index in [1.807, 2.05) is 0 Å². The van der Waals surface area contributed by atoms with Crippen LogP contribution in [-0.4, -0.2) is 51.1 Å². The second kappa shape index (κ2) is 12.6. The topological polar surface area (TPSA) is 36.9 Å². The second-order valence-electron chi connectivity index (χ2n) is 10.4. The molecule has 1 aliphatic rings. The zero-order valence-electron chi connectivity index (χ0n) is 21.6. The minimum absolute atomic E-state index is 0.0974. The predicted octanol–water partition coefficient (Wildman–Crippen LogP) is 6.97. The number of benzene rings is 2. The third-order valence-corrected chi connectivity index (χ3v) is 7.56. The molecular weight excluding hydrogens is 464 g/mol. The normalized spacial score (nSPS) is 17.4. The monoisotopic (exact) mass is 504 g/mol. The Hall–Kier alpha value is -1.34. The molecule has 0 fully saturated rings. The summed E-state index contributed by atoms with van der Waals surface area (Å²) >= 11 is 3.56. The zero-order valence-corrected chi connectivity index (χ0v) is 23.2. The van der Waals surface area contributed by atoms with Crippen molar-refractivity contribution in [2.45, 2.75) is 62.2 Å². The zero-order chi connectivity index (χ0) is 24.6. The highest BCUT2D eigenvalue weighted by atomic mass is 32.2. The molecule has 2 aromatic rings. The van der Waals surface area contributed by atoms with E-state index in [0.717, 1.165) is 32.8 Å². The van der Waals surface area contributed by atoms with Crippen molar-refractivity contribution in [2.75, 3.05) is 51.1 Å². The van der Waals surface area contributed by atoms with Gasteiger partial charge in [0, 0.05) is 21.3 Å². The SMILES string of the molecule is CC(C)(C)c1ccc2c(c1)SCCOCCOc1ccc(C(C)(C)C)cc1SCCOCCO2. The summed E-state index contributed by atoms with van der Waals surface area (Å²) in [6.45, 7) is 17.0. The van der Waals surface area contributed by atoms with E-state index >= 15 is 0 Å². The van der Waals surface area contributed by atoms with Gasteiger partial charge < -0.3 is 18.9 Å². The molecule has 0 amide bonds. The van der Waals surface area contributed by atoms with Gasteiger partial charge in [-0.05, 0) is 46.2 Å². The molecule has 188 valence electrons. The fraction of sp³-hybridized carbons (Fsp3) is 0.571. The number of fused-ring (bicyclic) bond motifs is 2. The van der Waals surface area contributed by atoms with Crippen molar-refractivity contribution in [1.82, 2.24) is 0 Å². The maximum atomic E-state index is 6.10. The molecule has 0 bridgehead atoms. The third kappa shape index (κ3) is 8.40. The molecule has 6 heteroatoms. The lowest BCUT2D eigenvalue weighted by atomic mass is 9.87. The Labute approximate surface area is 214 Å². The molecule has 0 aromatic heterocycles. The molecule has 1 aliphatic heterocycles. The number of thioether (sulfide) groups is 2. The smallest absolute Gasteiger partial charge is 0.132 e. The van der Waals surface area contributed by atoms with Gasteiger partial charge in [0.2, 0.25) is 0 Å². The van der Waals surface area contributed by atoms with Crippen molar-refractivity contribution >= 4 is 23.5 Å². The lowest BCUT2D eigenvalue weighted by Gasteiger charge is -2.22. The van der Waals surface area contributed by atoms with Gasteiger partial charge in [0.25, 0.3) is 0 Å². The van der Waals surface area contributed by atoms with Gasteiger partial charge >= 0.3 is 0 Å². The average Bonchev–Trinajstić information content (AvgIpc) is 2.77. The Bertz CT molecular complexity index is 840. The van der Waals surface area contributed by atoms with Crippen molar-refractivity contribution in [1.29, 1.82) is 0 Å². The second-order valence-corrected chi connectivity index (χ2v) is 12.7. The first kappa shape index (κ1) is 27.3. The van der Waals surface area contributed by atoms with Crippen LogP contribution in [0.3, 0.4) is 0 Å².